The van der Waals surface area contributed by atoms with E-state index in [0.29, 0.717) is 6.04 Å². The van der Waals surface area contributed by atoms with Crippen LogP contribution in [0.5, 0.6) is 0 Å². The maximum Gasteiger partial charge on any atom is 0.0671 e. The van der Waals surface area contributed by atoms with E-state index in [0.717, 1.165) is 19.1 Å². The topological polar surface area (TPSA) is 21.3 Å². The van der Waals surface area contributed by atoms with E-state index in [9.17, 15) is 0 Å². The lowest BCUT2D eigenvalue weighted by Gasteiger charge is -2.32. The van der Waals surface area contributed by atoms with Crippen LogP contribution in [-0.4, -0.2) is 19.3 Å². The Labute approximate surface area is 123 Å². The summed E-state index contributed by atoms with van der Waals surface area (Å²) >= 11 is 0. The molecule has 1 aliphatic carbocycles. The van der Waals surface area contributed by atoms with E-state index >= 15 is 0 Å². The quantitative estimate of drug-likeness (QED) is 0.800. The van der Waals surface area contributed by atoms with Crippen molar-refractivity contribution in [1.82, 2.24) is 5.32 Å². The zero-order valence-electron chi connectivity index (χ0n) is 13.0. The summed E-state index contributed by atoms with van der Waals surface area (Å²) in [4.78, 5) is 0. The largest absolute Gasteiger partial charge is 0.377 e. The van der Waals surface area contributed by atoms with Crippen molar-refractivity contribution in [2.75, 3.05) is 13.2 Å². The van der Waals surface area contributed by atoms with Crippen LogP contribution in [0.15, 0.2) is 30.3 Å². The van der Waals surface area contributed by atoms with Gasteiger partial charge in [0, 0.05) is 19.2 Å². The van der Waals surface area contributed by atoms with Crippen LogP contribution in [0.25, 0.3) is 0 Å². The molecule has 20 heavy (non-hydrogen) atoms. The maximum atomic E-state index is 5.65. The summed E-state index contributed by atoms with van der Waals surface area (Å²) in [6.07, 6.45) is 7.18. The second-order valence-electron chi connectivity index (χ2n) is 5.96. The highest BCUT2D eigenvalue weighted by molar-refractivity contribution is 5.20. The molecule has 2 unspecified atom stereocenters. The van der Waals surface area contributed by atoms with Crippen molar-refractivity contribution in [2.45, 2.75) is 58.1 Å². The van der Waals surface area contributed by atoms with E-state index in [1.54, 1.807) is 0 Å². The molecule has 1 aromatic carbocycles. The molecule has 2 nitrogen and oxygen atoms in total. The van der Waals surface area contributed by atoms with Crippen molar-refractivity contribution in [3.63, 3.8) is 0 Å². The van der Waals surface area contributed by atoms with Gasteiger partial charge in [-0.25, -0.2) is 0 Å². The Hall–Kier alpha value is -0.860. The average molecular weight is 275 g/mol. The molecule has 1 aromatic rings. The van der Waals surface area contributed by atoms with Crippen molar-refractivity contribution in [1.29, 1.82) is 0 Å². The number of ether oxygens (including phenoxy) is 1. The van der Waals surface area contributed by atoms with Crippen LogP contribution in [0.1, 0.15) is 57.6 Å². The first-order valence-electron chi connectivity index (χ1n) is 8.21. The molecule has 0 radical (unpaired) electrons. The van der Waals surface area contributed by atoms with Gasteiger partial charge in [0.25, 0.3) is 0 Å². The molecule has 2 heteroatoms. The second-order valence-corrected chi connectivity index (χ2v) is 5.96. The molecule has 1 fully saturated rings. The average Bonchev–Trinajstić information content (AvgIpc) is 2.50. The van der Waals surface area contributed by atoms with Gasteiger partial charge >= 0.3 is 0 Å². The smallest absolute Gasteiger partial charge is 0.0671 e. The van der Waals surface area contributed by atoms with Gasteiger partial charge in [-0.15, -0.1) is 0 Å². The van der Waals surface area contributed by atoms with Crippen molar-refractivity contribution in [3.8, 4) is 0 Å². The molecule has 0 spiro atoms. The van der Waals surface area contributed by atoms with Gasteiger partial charge in [0.1, 0.15) is 0 Å². The molecule has 0 amide bonds. The molecule has 0 bridgehead atoms. The van der Waals surface area contributed by atoms with Crippen LogP contribution in [0, 0.1) is 5.92 Å². The highest BCUT2D eigenvalue weighted by Gasteiger charge is 2.24. The van der Waals surface area contributed by atoms with Crippen molar-refractivity contribution in [2.24, 2.45) is 5.92 Å². The summed E-state index contributed by atoms with van der Waals surface area (Å²) in [7, 11) is 0. The zero-order valence-corrected chi connectivity index (χ0v) is 13.0. The first kappa shape index (κ1) is 15.5. The van der Waals surface area contributed by atoms with Crippen LogP contribution in [0.2, 0.25) is 0 Å². The van der Waals surface area contributed by atoms with Crippen LogP contribution in [0.3, 0.4) is 0 Å². The molecule has 1 N–H and O–H groups in total. The van der Waals surface area contributed by atoms with Gasteiger partial charge in [0.2, 0.25) is 0 Å². The van der Waals surface area contributed by atoms with Gasteiger partial charge in [0.05, 0.1) is 6.10 Å². The SMILES string of the molecule is CCOC(C)CNC(c1ccccc1)C1CCCCC1. The van der Waals surface area contributed by atoms with Gasteiger partial charge in [-0.3, -0.25) is 0 Å². The molecule has 1 aliphatic rings. The molecule has 112 valence electrons. The van der Waals surface area contributed by atoms with E-state index in [4.69, 9.17) is 4.74 Å². The van der Waals surface area contributed by atoms with E-state index in [1.807, 2.05) is 0 Å². The molecular formula is C18H29NO. The van der Waals surface area contributed by atoms with Gasteiger partial charge in [-0.05, 0) is 38.2 Å². The van der Waals surface area contributed by atoms with E-state index in [1.165, 1.54) is 37.7 Å². The Balaban J connectivity index is 2.00. The Kier molecular flexibility index (Phi) is 6.55. The third-order valence-corrected chi connectivity index (χ3v) is 4.36. The standard InChI is InChI=1S/C18H29NO/c1-3-20-15(2)14-19-18(16-10-6-4-7-11-16)17-12-8-5-9-13-17/h4,6-7,10-11,15,17-19H,3,5,8-9,12-14H2,1-2H3. The predicted octanol–water partition coefficient (Wildman–Crippen LogP) is 4.32. The number of nitrogens with one attached hydrogen (secondary N) is 1. The molecule has 0 heterocycles. The number of hydrogen-bond donors (Lipinski definition) is 1. The predicted molar refractivity (Wildman–Crippen MR) is 84.8 cm³/mol. The fourth-order valence-electron chi connectivity index (χ4n) is 3.32. The Morgan fingerprint density at radius 2 is 1.85 bits per heavy atom. The Bertz CT molecular complexity index is 359. The maximum absolute atomic E-state index is 5.65. The van der Waals surface area contributed by atoms with E-state index in [-0.39, 0.29) is 6.10 Å². The number of hydrogen-bond acceptors (Lipinski definition) is 2. The summed E-state index contributed by atoms with van der Waals surface area (Å²) in [5, 5.41) is 3.77. The zero-order chi connectivity index (χ0) is 14.2. The van der Waals surface area contributed by atoms with E-state index < -0.39 is 0 Å². The van der Waals surface area contributed by atoms with E-state index in [2.05, 4.69) is 49.5 Å². The highest BCUT2D eigenvalue weighted by atomic mass is 16.5. The van der Waals surface area contributed by atoms with Gasteiger partial charge in [0.15, 0.2) is 0 Å². The third-order valence-electron chi connectivity index (χ3n) is 4.36. The normalized spacial score (nSPS) is 19.7. The van der Waals surface area contributed by atoms with Crippen molar-refractivity contribution >= 4 is 0 Å². The highest BCUT2D eigenvalue weighted by Crippen LogP contribution is 2.34. The van der Waals surface area contributed by atoms with Crippen LogP contribution < -0.4 is 5.32 Å². The first-order valence-corrected chi connectivity index (χ1v) is 8.21. The van der Waals surface area contributed by atoms with Crippen LogP contribution in [-0.2, 0) is 4.74 Å². The fourth-order valence-corrected chi connectivity index (χ4v) is 3.32. The summed E-state index contributed by atoms with van der Waals surface area (Å²) < 4.78 is 5.65. The van der Waals surface area contributed by atoms with Gasteiger partial charge in [-0.1, -0.05) is 49.6 Å². The van der Waals surface area contributed by atoms with Gasteiger partial charge < -0.3 is 10.1 Å². The molecule has 0 aliphatic heterocycles. The Morgan fingerprint density at radius 3 is 2.50 bits per heavy atom. The first-order chi connectivity index (χ1) is 9.81. The lowest BCUT2D eigenvalue weighted by Crippen LogP contribution is -2.35. The lowest BCUT2D eigenvalue weighted by atomic mass is 9.81. The van der Waals surface area contributed by atoms with Gasteiger partial charge in [-0.2, -0.15) is 0 Å². The fraction of sp³-hybridized carbons (Fsp3) is 0.667. The Morgan fingerprint density at radius 1 is 1.15 bits per heavy atom. The second kappa shape index (κ2) is 8.43. The monoisotopic (exact) mass is 275 g/mol. The summed E-state index contributed by atoms with van der Waals surface area (Å²) in [6.45, 7) is 5.94. The molecular weight excluding hydrogens is 246 g/mol. The third kappa shape index (κ3) is 4.60. The van der Waals surface area contributed by atoms with Crippen LogP contribution in [0.4, 0.5) is 0 Å². The minimum atomic E-state index is 0.287. The lowest BCUT2D eigenvalue weighted by molar-refractivity contribution is 0.0709. The number of rotatable bonds is 7. The van der Waals surface area contributed by atoms with Crippen LogP contribution >= 0.6 is 0 Å². The van der Waals surface area contributed by atoms with Crippen molar-refractivity contribution < 1.29 is 4.74 Å². The molecule has 2 atom stereocenters. The number of benzene rings is 1. The summed E-state index contributed by atoms with van der Waals surface area (Å²) in [6, 6.07) is 11.4. The minimum Gasteiger partial charge on any atom is -0.377 e. The molecule has 0 saturated heterocycles. The molecule has 2 rings (SSSR count). The minimum absolute atomic E-state index is 0.287. The van der Waals surface area contributed by atoms with Crippen molar-refractivity contribution in [3.05, 3.63) is 35.9 Å². The summed E-state index contributed by atoms with van der Waals surface area (Å²) in [5.74, 6) is 0.778. The molecule has 0 aromatic heterocycles. The molecule has 1 saturated carbocycles. The summed E-state index contributed by atoms with van der Waals surface area (Å²) in [5.41, 5.74) is 1.43.